The third kappa shape index (κ3) is 3.16. The highest BCUT2D eigenvalue weighted by Crippen LogP contribution is 2.27. The Kier molecular flexibility index (Phi) is 4.20. The molecule has 0 saturated heterocycles. The van der Waals surface area contributed by atoms with Gasteiger partial charge in [0.05, 0.1) is 17.7 Å². The van der Waals surface area contributed by atoms with Gasteiger partial charge >= 0.3 is 0 Å². The van der Waals surface area contributed by atoms with Crippen molar-refractivity contribution in [3.05, 3.63) is 17.1 Å². The zero-order chi connectivity index (χ0) is 15.8. The first kappa shape index (κ1) is 15.7. The van der Waals surface area contributed by atoms with E-state index < -0.39 is 5.60 Å². The van der Waals surface area contributed by atoms with Gasteiger partial charge in [-0.2, -0.15) is 0 Å². The molecule has 0 aliphatic rings. The van der Waals surface area contributed by atoms with E-state index in [4.69, 9.17) is 10.5 Å². The van der Waals surface area contributed by atoms with Gasteiger partial charge in [-0.1, -0.05) is 0 Å². The van der Waals surface area contributed by atoms with Crippen LogP contribution in [0.25, 0.3) is 11.0 Å². The van der Waals surface area contributed by atoms with Gasteiger partial charge in [-0.25, -0.2) is 9.97 Å². The van der Waals surface area contributed by atoms with Crippen molar-refractivity contribution in [2.45, 2.75) is 53.4 Å². The van der Waals surface area contributed by atoms with Crippen molar-refractivity contribution in [1.82, 2.24) is 14.5 Å². The number of rotatable bonds is 5. The van der Waals surface area contributed by atoms with E-state index in [0.717, 1.165) is 22.6 Å². The number of aliphatic hydroxyl groups is 1. The zero-order valence-corrected chi connectivity index (χ0v) is 13.4. The molecule has 0 radical (unpaired) electrons. The molecule has 0 spiro atoms. The van der Waals surface area contributed by atoms with Gasteiger partial charge in [0.1, 0.15) is 17.9 Å². The molecule has 0 fully saturated rings. The summed E-state index contributed by atoms with van der Waals surface area (Å²) in [6, 6.07) is 0. The number of imidazole rings is 1. The number of hydrogen-bond donors (Lipinski definition) is 2. The SMILES string of the molecule is CCOCc1nc2c(N)nc(C)c(C)c2n1CC(C)(C)O. The lowest BCUT2D eigenvalue weighted by atomic mass is 10.1. The first-order valence-corrected chi connectivity index (χ1v) is 7.16. The summed E-state index contributed by atoms with van der Waals surface area (Å²) >= 11 is 0. The molecule has 0 aromatic carbocycles. The van der Waals surface area contributed by atoms with E-state index in [1.165, 1.54) is 0 Å². The molecule has 0 saturated carbocycles. The fraction of sp³-hybridized carbons (Fsp3) is 0.600. The van der Waals surface area contributed by atoms with E-state index in [9.17, 15) is 5.11 Å². The van der Waals surface area contributed by atoms with Crippen LogP contribution in [0.4, 0.5) is 5.82 Å². The molecule has 0 unspecified atom stereocenters. The highest BCUT2D eigenvalue weighted by molar-refractivity contribution is 5.88. The van der Waals surface area contributed by atoms with E-state index in [1.54, 1.807) is 13.8 Å². The molecule has 0 amide bonds. The maximum absolute atomic E-state index is 10.2. The Morgan fingerprint density at radius 1 is 1.29 bits per heavy atom. The predicted molar refractivity (Wildman–Crippen MR) is 83.0 cm³/mol. The van der Waals surface area contributed by atoms with Crippen molar-refractivity contribution in [2.24, 2.45) is 0 Å². The van der Waals surface area contributed by atoms with Crippen LogP contribution in [-0.4, -0.2) is 31.8 Å². The lowest BCUT2D eigenvalue weighted by Gasteiger charge is -2.21. The van der Waals surface area contributed by atoms with Gasteiger partial charge in [0.25, 0.3) is 0 Å². The Balaban J connectivity index is 2.69. The molecule has 0 bridgehead atoms. The van der Waals surface area contributed by atoms with Crippen molar-refractivity contribution in [2.75, 3.05) is 12.3 Å². The lowest BCUT2D eigenvalue weighted by Crippen LogP contribution is -2.27. The van der Waals surface area contributed by atoms with Crippen LogP contribution in [0.1, 0.15) is 37.9 Å². The van der Waals surface area contributed by atoms with Crippen molar-refractivity contribution in [3.63, 3.8) is 0 Å². The summed E-state index contributed by atoms with van der Waals surface area (Å²) in [6.07, 6.45) is 0. The monoisotopic (exact) mass is 292 g/mol. The van der Waals surface area contributed by atoms with Crippen LogP contribution in [-0.2, 0) is 17.9 Å². The largest absolute Gasteiger partial charge is 0.389 e. The summed E-state index contributed by atoms with van der Waals surface area (Å²) in [5.41, 5.74) is 8.66. The van der Waals surface area contributed by atoms with Crippen molar-refractivity contribution in [1.29, 1.82) is 0 Å². The molecule has 6 heteroatoms. The molecular formula is C15H24N4O2. The molecule has 0 atom stereocenters. The van der Waals surface area contributed by atoms with Crippen LogP contribution in [0.15, 0.2) is 0 Å². The van der Waals surface area contributed by atoms with Crippen LogP contribution < -0.4 is 5.73 Å². The quantitative estimate of drug-likeness (QED) is 0.879. The summed E-state index contributed by atoms with van der Waals surface area (Å²) in [6.45, 7) is 10.8. The summed E-state index contributed by atoms with van der Waals surface area (Å²) < 4.78 is 7.48. The molecule has 0 aliphatic carbocycles. The van der Waals surface area contributed by atoms with Crippen LogP contribution in [0.3, 0.4) is 0 Å². The maximum Gasteiger partial charge on any atom is 0.151 e. The second-order valence-corrected chi connectivity index (χ2v) is 5.97. The number of hydrogen-bond acceptors (Lipinski definition) is 5. The Morgan fingerprint density at radius 2 is 1.95 bits per heavy atom. The van der Waals surface area contributed by atoms with E-state index >= 15 is 0 Å². The van der Waals surface area contributed by atoms with Crippen molar-refractivity contribution < 1.29 is 9.84 Å². The normalized spacial score (nSPS) is 12.3. The number of pyridine rings is 1. The Morgan fingerprint density at radius 3 is 2.52 bits per heavy atom. The molecule has 0 aliphatic heterocycles. The van der Waals surface area contributed by atoms with E-state index in [2.05, 4.69) is 9.97 Å². The fourth-order valence-corrected chi connectivity index (χ4v) is 2.41. The molecule has 2 aromatic heterocycles. The van der Waals surface area contributed by atoms with E-state index in [1.807, 2.05) is 25.3 Å². The zero-order valence-electron chi connectivity index (χ0n) is 13.4. The number of fused-ring (bicyclic) bond motifs is 1. The second kappa shape index (κ2) is 5.61. The predicted octanol–water partition coefficient (Wildman–Crippen LogP) is 1.94. The number of nitrogens with zero attached hydrogens (tertiary/aromatic N) is 3. The van der Waals surface area contributed by atoms with E-state index in [0.29, 0.717) is 31.1 Å². The number of ether oxygens (including phenoxy) is 1. The topological polar surface area (TPSA) is 86.2 Å². The Labute approximate surface area is 125 Å². The lowest BCUT2D eigenvalue weighted by molar-refractivity contribution is 0.0582. The van der Waals surface area contributed by atoms with Gasteiger partial charge in [-0.05, 0) is 40.2 Å². The summed E-state index contributed by atoms with van der Waals surface area (Å²) in [5, 5.41) is 10.2. The molecule has 3 N–H and O–H groups in total. The summed E-state index contributed by atoms with van der Waals surface area (Å²) in [5.74, 6) is 1.18. The van der Waals surface area contributed by atoms with Gasteiger partial charge in [-0.15, -0.1) is 0 Å². The van der Waals surface area contributed by atoms with Gasteiger partial charge in [0, 0.05) is 12.3 Å². The third-order valence-corrected chi connectivity index (χ3v) is 3.46. The van der Waals surface area contributed by atoms with Gasteiger partial charge in [-0.3, -0.25) is 0 Å². The minimum atomic E-state index is -0.854. The molecule has 6 nitrogen and oxygen atoms in total. The third-order valence-electron chi connectivity index (χ3n) is 3.46. The van der Waals surface area contributed by atoms with Crippen molar-refractivity contribution in [3.8, 4) is 0 Å². The molecule has 2 aromatic rings. The Bertz CT molecular complexity index is 656. The highest BCUT2D eigenvalue weighted by Gasteiger charge is 2.22. The minimum absolute atomic E-state index is 0.388. The number of aromatic nitrogens is 3. The number of nitrogen functional groups attached to an aromatic ring is 1. The van der Waals surface area contributed by atoms with Gasteiger partial charge in [0.2, 0.25) is 0 Å². The molecule has 2 heterocycles. The number of aryl methyl sites for hydroxylation is 2. The van der Waals surface area contributed by atoms with Crippen LogP contribution >= 0.6 is 0 Å². The van der Waals surface area contributed by atoms with Crippen molar-refractivity contribution >= 4 is 16.9 Å². The Hall–Kier alpha value is -1.66. The average Bonchev–Trinajstić information content (AvgIpc) is 2.71. The smallest absolute Gasteiger partial charge is 0.151 e. The highest BCUT2D eigenvalue weighted by atomic mass is 16.5. The average molecular weight is 292 g/mol. The first-order chi connectivity index (χ1) is 9.74. The minimum Gasteiger partial charge on any atom is -0.389 e. The fourth-order valence-electron chi connectivity index (χ4n) is 2.41. The van der Waals surface area contributed by atoms with Crippen LogP contribution in [0.2, 0.25) is 0 Å². The first-order valence-electron chi connectivity index (χ1n) is 7.16. The van der Waals surface area contributed by atoms with Crippen LogP contribution in [0, 0.1) is 13.8 Å². The molecular weight excluding hydrogens is 268 g/mol. The van der Waals surface area contributed by atoms with Gasteiger partial charge in [0.15, 0.2) is 5.82 Å². The number of nitrogens with two attached hydrogens (primary N) is 1. The number of anilines is 1. The van der Waals surface area contributed by atoms with Gasteiger partial charge < -0.3 is 20.1 Å². The van der Waals surface area contributed by atoms with E-state index in [-0.39, 0.29) is 0 Å². The second-order valence-electron chi connectivity index (χ2n) is 5.97. The summed E-state index contributed by atoms with van der Waals surface area (Å²) in [4.78, 5) is 8.91. The maximum atomic E-state index is 10.2. The molecule has 2 rings (SSSR count). The van der Waals surface area contributed by atoms with Crippen LogP contribution in [0.5, 0.6) is 0 Å². The summed E-state index contributed by atoms with van der Waals surface area (Å²) in [7, 11) is 0. The molecule has 21 heavy (non-hydrogen) atoms. The standard InChI is InChI=1S/C15H24N4O2/c1-6-21-7-11-18-12-13(19(11)8-15(4,5)20)9(2)10(3)17-14(12)16/h20H,6-8H2,1-5H3,(H2,16,17). The molecule has 116 valence electrons.